The average molecular weight is 515 g/mol. The molecule has 3 aromatic rings. The van der Waals surface area contributed by atoms with Crippen molar-refractivity contribution in [3.8, 4) is 5.75 Å². The number of ether oxygens (including phenoxy) is 1. The van der Waals surface area contributed by atoms with Crippen LogP contribution in [-0.2, 0) is 6.42 Å². The van der Waals surface area contributed by atoms with Crippen LogP contribution in [0.2, 0.25) is 15.1 Å². The van der Waals surface area contributed by atoms with Crippen LogP contribution in [0.5, 0.6) is 5.75 Å². The number of nitrogens with one attached hydrogen (secondary N) is 1. The molecule has 1 unspecified atom stereocenters. The number of rotatable bonds is 3. The SMILES string of the molecule is CC1(C)Cc2cc(NC(=O)N3CC(c4ccc(Cl)c(Cl)c4)C(c4ccc(Cl)cc4)=N3)ccc2O1. The lowest BCUT2D eigenvalue weighted by Crippen LogP contribution is -2.30. The van der Waals surface area contributed by atoms with Crippen molar-refractivity contribution in [2.75, 3.05) is 11.9 Å². The summed E-state index contributed by atoms with van der Waals surface area (Å²) in [6.45, 7) is 4.46. The molecular formula is C26H22Cl3N3O2. The van der Waals surface area contributed by atoms with E-state index in [0.717, 1.165) is 34.6 Å². The van der Waals surface area contributed by atoms with E-state index >= 15 is 0 Å². The number of hydrazone groups is 1. The first-order valence-corrected chi connectivity index (χ1v) is 12.0. The number of nitrogens with zero attached hydrogens (tertiary/aromatic N) is 2. The van der Waals surface area contributed by atoms with Gasteiger partial charge in [0.2, 0.25) is 0 Å². The number of hydrogen-bond donors (Lipinski definition) is 1. The van der Waals surface area contributed by atoms with E-state index in [9.17, 15) is 4.79 Å². The minimum absolute atomic E-state index is 0.170. The van der Waals surface area contributed by atoms with Gasteiger partial charge in [0, 0.05) is 28.6 Å². The molecule has 0 aromatic heterocycles. The molecule has 1 atom stereocenters. The van der Waals surface area contributed by atoms with Gasteiger partial charge in [-0.15, -0.1) is 0 Å². The summed E-state index contributed by atoms with van der Waals surface area (Å²) in [5.74, 6) is 0.683. The van der Waals surface area contributed by atoms with Crippen LogP contribution >= 0.6 is 34.8 Å². The van der Waals surface area contributed by atoms with E-state index in [1.54, 1.807) is 6.07 Å². The Kier molecular flexibility index (Phi) is 5.96. The fourth-order valence-electron chi connectivity index (χ4n) is 4.38. The van der Waals surface area contributed by atoms with Crippen LogP contribution in [0.3, 0.4) is 0 Å². The first kappa shape index (κ1) is 23.0. The second-order valence-corrected chi connectivity index (χ2v) is 10.3. The molecule has 2 amide bonds. The van der Waals surface area contributed by atoms with Crippen LogP contribution < -0.4 is 10.1 Å². The zero-order valence-electron chi connectivity index (χ0n) is 18.6. The maximum absolute atomic E-state index is 13.2. The molecule has 0 spiro atoms. The highest BCUT2D eigenvalue weighted by molar-refractivity contribution is 6.42. The summed E-state index contributed by atoms with van der Waals surface area (Å²) < 4.78 is 5.93. The Labute approximate surface area is 213 Å². The van der Waals surface area contributed by atoms with Gasteiger partial charge in [0.05, 0.1) is 22.3 Å². The van der Waals surface area contributed by atoms with Crippen LogP contribution in [0.25, 0.3) is 0 Å². The van der Waals surface area contributed by atoms with Gasteiger partial charge >= 0.3 is 6.03 Å². The molecule has 2 aliphatic rings. The lowest BCUT2D eigenvalue weighted by molar-refractivity contribution is 0.138. The van der Waals surface area contributed by atoms with Crippen LogP contribution in [0.4, 0.5) is 10.5 Å². The van der Waals surface area contributed by atoms with Crippen molar-refractivity contribution in [1.29, 1.82) is 0 Å². The Bertz CT molecular complexity index is 1310. The molecule has 3 aromatic carbocycles. The average Bonchev–Trinajstić information content (AvgIpc) is 3.36. The number of fused-ring (bicyclic) bond motifs is 1. The molecular weight excluding hydrogens is 493 g/mol. The Morgan fingerprint density at radius 1 is 1.03 bits per heavy atom. The van der Waals surface area contributed by atoms with Crippen molar-refractivity contribution in [3.05, 3.63) is 92.4 Å². The third-order valence-electron chi connectivity index (χ3n) is 5.95. The van der Waals surface area contributed by atoms with Crippen LogP contribution in [0.1, 0.15) is 36.5 Å². The maximum atomic E-state index is 13.2. The lowest BCUT2D eigenvalue weighted by atomic mass is 9.90. The summed E-state index contributed by atoms with van der Waals surface area (Å²) >= 11 is 18.5. The smallest absolute Gasteiger partial charge is 0.342 e. The van der Waals surface area contributed by atoms with Crippen molar-refractivity contribution in [1.82, 2.24) is 5.01 Å². The fourth-order valence-corrected chi connectivity index (χ4v) is 4.81. The molecule has 0 radical (unpaired) electrons. The summed E-state index contributed by atoms with van der Waals surface area (Å²) in [4.78, 5) is 13.2. The van der Waals surface area contributed by atoms with Crippen molar-refractivity contribution >= 4 is 52.2 Å². The van der Waals surface area contributed by atoms with E-state index in [4.69, 9.17) is 39.5 Å². The zero-order chi connectivity index (χ0) is 24.0. The third kappa shape index (κ3) is 4.61. The van der Waals surface area contributed by atoms with Gasteiger partial charge in [-0.25, -0.2) is 9.80 Å². The van der Waals surface area contributed by atoms with Gasteiger partial charge in [-0.05, 0) is 67.4 Å². The Balaban J connectivity index is 1.42. The normalized spacial score (nSPS) is 18.3. The van der Waals surface area contributed by atoms with Gasteiger partial charge in [-0.2, -0.15) is 5.10 Å². The molecule has 0 aliphatic carbocycles. The molecule has 0 fully saturated rings. The van der Waals surface area contributed by atoms with E-state index in [0.29, 0.717) is 27.3 Å². The Morgan fingerprint density at radius 2 is 1.79 bits per heavy atom. The molecule has 0 saturated heterocycles. The molecule has 5 nitrogen and oxygen atoms in total. The Hall–Kier alpha value is -2.73. The van der Waals surface area contributed by atoms with E-state index in [-0.39, 0.29) is 17.6 Å². The van der Waals surface area contributed by atoms with Gasteiger partial charge in [0.15, 0.2) is 0 Å². The van der Waals surface area contributed by atoms with Crippen LogP contribution in [0, 0.1) is 0 Å². The molecule has 2 heterocycles. The van der Waals surface area contributed by atoms with Gasteiger partial charge in [-0.3, -0.25) is 0 Å². The van der Waals surface area contributed by atoms with Gasteiger partial charge in [-0.1, -0.05) is 53.0 Å². The van der Waals surface area contributed by atoms with Crippen LogP contribution in [-0.4, -0.2) is 28.9 Å². The number of benzene rings is 3. The Morgan fingerprint density at radius 3 is 2.53 bits per heavy atom. The lowest BCUT2D eigenvalue weighted by Gasteiger charge is -2.17. The highest BCUT2D eigenvalue weighted by Gasteiger charge is 2.33. The summed E-state index contributed by atoms with van der Waals surface area (Å²) in [6, 6.07) is 18.3. The standard InChI is InChI=1S/C26H22Cl3N3O2/c1-26(2)13-17-11-19(8-10-23(17)34-26)30-25(33)32-14-20(16-5-9-21(28)22(29)12-16)24(31-32)15-3-6-18(27)7-4-15/h3-12,20H,13-14H2,1-2H3,(H,30,33). The molecule has 34 heavy (non-hydrogen) atoms. The molecule has 5 rings (SSSR count). The summed E-state index contributed by atoms with van der Waals surface area (Å²) in [5.41, 5.74) is 4.09. The number of amides is 2. The number of urea groups is 1. The summed E-state index contributed by atoms with van der Waals surface area (Å²) in [6.07, 6.45) is 0.786. The van der Waals surface area contributed by atoms with Gasteiger partial charge in [0.25, 0.3) is 0 Å². The first-order chi connectivity index (χ1) is 16.2. The highest BCUT2D eigenvalue weighted by atomic mass is 35.5. The minimum atomic E-state index is -0.313. The predicted molar refractivity (Wildman–Crippen MR) is 138 cm³/mol. The quantitative estimate of drug-likeness (QED) is 0.396. The van der Waals surface area contributed by atoms with E-state index in [1.165, 1.54) is 5.01 Å². The van der Waals surface area contributed by atoms with E-state index in [1.807, 2.05) is 68.4 Å². The minimum Gasteiger partial charge on any atom is -0.487 e. The summed E-state index contributed by atoms with van der Waals surface area (Å²) in [7, 11) is 0. The van der Waals surface area contributed by atoms with Gasteiger partial charge < -0.3 is 10.1 Å². The van der Waals surface area contributed by atoms with Gasteiger partial charge in [0.1, 0.15) is 11.4 Å². The first-order valence-electron chi connectivity index (χ1n) is 10.9. The largest absolute Gasteiger partial charge is 0.487 e. The maximum Gasteiger partial charge on any atom is 0.342 e. The molecule has 0 saturated carbocycles. The zero-order valence-corrected chi connectivity index (χ0v) is 20.9. The third-order valence-corrected chi connectivity index (χ3v) is 6.94. The molecule has 1 N–H and O–H groups in total. The number of hydrogen-bond acceptors (Lipinski definition) is 3. The number of anilines is 1. The van der Waals surface area contributed by atoms with Crippen molar-refractivity contribution in [2.24, 2.45) is 5.10 Å². The number of carbonyl (C=O) groups excluding carboxylic acids is 1. The number of halogens is 3. The topological polar surface area (TPSA) is 53.9 Å². The van der Waals surface area contributed by atoms with Crippen LogP contribution in [0.15, 0.2) is 65.8 Å². The molecule has 8 heteroatoms. The second-order valence-electron chi connectivity index (χ2n) is 9.09. The predicted octanol–water partition coefficient (Wildman–Crippen LogP) is 7.40. The fraction of sp³-hybridized carbons (Fsp3) is 0.231. The molecule has 0 bridgehead atoms. The van der Waals surface area contributed by atoms with Crippen molar-refractivity contribution in [2.45, 2.75) is 31.8 Å². The number of carbonyl (C=O) groups is 1. The highest BCUT2D eigenvalue weighted by Crippen LogP contribution is 2.37. The monoisotopic (exact) mass is 513 g/mol. The van der Waals surface area contributed by atoms with E-state index < -0.39 is 0 Å². The summed E-state index contributed by atoms with van der Waals surface area (Å²) in [5, 5.41) is 10.7. The molecule has 2 aliphatic heterocycles. The van der Waals surface area contributed by atoms with Crippen molar-refractivity contribution < 1.29 is 9.53 Å². The van der Waals surface area contributed by atoms with E-state index in [2.05, 4.69) is 10.4 Å². The molecule has 174 valence electrons. The second kappa shape index (κ2) is 8.81. The van der Waals surface area contributed by atoms with Crippen molar-refractivity contribution in [3.63, 3.8) is 0 Å².